The third-order valence-corrected chi connectivity index (χ3v) is 0.611. The van der Waals surface area contributed by atoms with Crippen molar-refractivity contribution < 1.29 is 51.0 Å². The van der Waals surface area contributed by atoms with Gasteiger partial charge in [-0.2, -0.15) is 0 Å². The van der Waals surface area contributed by atoms with E-state index in [0.717, 1.165) is 0 Å². The molecule has 0 rings (SSSR count). The number of carbonyl (C=O) groups excluding carboxylic acids is 2. The number of aliphatic hydroxyl groups is 2. The zero-order valence-corrected chi connectivity index (χ0v) is 15.6. The Hall–Kier alpha value is -0.686. The van der Waals surface area contributed by atoms with Crippen LogP contribution in [-0.2, 0) is 40.8 Å². The van der Waals surface area contributed by atoms with Crippen molar-refractivity contribution >= 4 is 11.9 Å². The van der Waals surface area contributed by atoms with Crippen LogP contribution in [0.2, 0.25) is 0 Å². The number of aliphatic hydroxyl groups excluding tert-OH is 2. The molecule has 0 atom stereocenters. The maximum atomic E-state index is 9.71. The Morgan fingerprint density at radius 3 is 1.00 bits per heavy atom. The van der Waals surface area contributed by atoms with Gasteiger partial charge in [-0.05, 0) is 41.5 Å². The number of carbonyl (C=O) groups is 2. The molecule has 0 heterocycles. The average Bonchev–Trinajstić information content (AvgIpc) is 2.15. The first kappa shape index (κ1) is 32.3. The molecule has 0 aromatic rings. The second kappa shape index (κ2) is 27.6. The van der Waals surface area contributed by atoms with Crippen molar-refractivity contribution in [3.63, 3.8) is 0 Å². The summed E-state index contributed by atoms with van der Waals surface area (Å²) < 4.78 is 8.58. The van der Waals surface area contributed by atoms with Gasteiger partial charge in [0.05, 0.1) is 13.2 Å². The molecule has 0 aliphatic carbocycles. The molecule has 126 valence electrons. The van der Waals surface area contributed by atoms with E-state index in [1.165, 1.54) is 0 Å². The maximum Gasteiger partial charge on any atom is 2.00 e. The van der Waals surface area contributed by atoms with Crippen molar-refractivity contribution in [2.24, 2.45) is 0 Å². The molecule has 0 saturated heterocycles. The molecule has 0 amide bonds. The molecule has 0 aromatic carbocycles. The molecule has 7 heteroatoms. The Bertz CT molecular complexity index is 180. The fourth-order valence-electron chi connectivity index (χ4n) is 0.322. The topological polar surface area (TPSA) is 93.1 Å². The minimum Gasteiger partial charge on any atom is -0.489 e. The van der Waals surface area contributed by atoms with E-state index in [4.69, 9.17) is 10.2 Å². The normalized spacial score (nSPS) is 7.71. The van der Waals surface area contributed by atoms with Crippen LogP contribution in [0.25, 0.3) is 0 Å². The first-order valence-electron chi connectivity index (χ1n) is 6.34. The summed E-state index contributed by atoms with van der Waals surface area (Å²) in [7, 11) is 0. The second-order valence-corrected chi connectivity index (χ2v) is 3.80. The Kier molecular flexibility index (Phi) is 42.5. The molecule has 0 aliphatic heterocycles. The molecule has 0 aliphatic rings. The summed E-state index contributed by atoms with van der Waals surface area (Å²) in [4.78, 5) is 19.4. The molecular weight excluding hydrogens is 312 g/mol. The third-order valence-electron chi connectivity index (χ3n) is 0.611. The van der Waals surface area contributed by atoms with Crippen LogP contribution in [0.5, 0.6) is 0 Å². The van der Waals surface area contributed by atoms with Crippen molar-refractivity contribution in [3.8, 4) is 0 Å². The van der Waals surface area contributed by atoms with Gasteiger partial charge in [0.15, 0.2) is 11.9 Å². The Morgan fingerprint density at radius 1 is 0.857 bits per heavy atom. The van der Waals surface area contributed by atoms with Crippen molar-refractivity contribution in [2.75, 3.05) is 13.2 Å². The van der Waals surface area contributed by atoms with Crippen LogP contribution in [0, 0.1) is 13.8 Å². The number of ether oxygens (including phenoxy) is 2. The fourth-order valence-corrected chi connectivity index (χ4v) is 0.322. The standard InChI is InChI=1S/2C4H7O2.2C3H8O.Ti/c2*1-3-6-4(2)5;2*1-3(2)4;/h2*2-3H2,1H3;2*3-4H,1-2H3;/q2*-1;;;+2. The van der Waals surface area contributed by atoms with E-state index < -0.39 is 11.9 Å². The van der Waals surface area contributed by atoms with E-state index in [1.807, 2.05) is 0 Å². The number of rotatable bonds is 2. The van der Waals surface area contributed by atoms with E-state index in [-0.39, 0.29) is 33.9 Å². The number of hydrogen-bond acceptors (Lipinski definition) is 6. The Balaban J connectivity index is -0.0000000544. The molecule has 0 aromatic heterocycles. The Labute approximate surface area is 144 Å². The summed E-state index contributed by atoms with van der Waals surface area (Å²) in [5.41, 5.74) is 0. The minimum absolute atomic E-state index is 0. The molecule has 0 spiro atoms. The first-order chi connectivity index (χ1) is 9.00. The van der Waals surface area contributed by atoms with Crippen molar-refractivity contribution in [3.05, 3.63) is 13.8 Å². The zero-order valence-electron chi connectivity index (χ0n) is 14.0. The van der Waals surface area contributed by atoms with Gasteiger partial charge >= 0.3 is 21.7 Å². The molecule has 6 nitrogen and oxygen atoms in total. The largest absolute Gasteiger partial charge is 2.00 e. The minimum atomic E-state index is -0.461. The SMILES string of the molecule is CC(C)O.CC(C)O.[CH2-]C(=O)OCC.[CH2-]C(=O)OCC.[Ti+2]. The van der Waals surface area contributed by atoms with Gasteiger partial charge in [0.1, 0.15) is 0 Å². The van der Waals surface area contributed by atoms with Crippen LogP contribution in [-0.4, -0.2) is 47.6 Å². The van der Waals surface area contributed by atoms with Gasteiger partial charge in [0.2, 0.25) is 0 Å². The molecule has 0 fully saturated rings. The van der Waals surface area contributed by atoms with E-state index in [0.29, 0.717) is 13.2 Å². The van der Waals surface area contributed by atoms with Gasteiger partial charge in [-0.15, -0.1) is 0 Å². The van der Waals surface area contributed by atoms with E-state index in [2.05, 4.69) is 23.3 Å². The van der Waals surface area contributed by atoms with Gasteiger partial charge < -0.3 is 19.7 Å². The number of hydrogen-bond donors (Lipinski definition) is 2. The molecule has 2 N–H and O–H groups in total. The molecular formula is C14H30O6Ti. The second-order valence-electron chi connectivity index (χ2n) is 3.80. The van der Waals surface area contributed by atoms with E-state index >= 15 is 0 Å². The van der Waals surface area contributed by atoms with Crippen LogP contribution >= 0.6 is 0 Å². The smallest absolute Gasteiger partial charge is 0.489 e. The maximum absolute atomic E-state index is 9.71. The van der Waals surface area contributed by atoms with Crippen LogP contribution in [0.1, 0.15) is 41.5 Å². The monoisotopic (exact) mass is 342 g/mol. The van der Waals surface area contributed by atoms with Crippen LogP contribution in [0.3, 0.4) is 0 Å². The van der Waals surface area contributed by atoms with Gasteiger partial charge in [0.25, 0.3) is 0 Å². The summed E-state index contributed by atoms with van der Waals surface area (Å²) in [5, 5.41) is 16.1. The predicted molar refractivity (Wildman–Crippen MR) is 78.7 cm³/mol. The fraction of sp³-hybridized carbons (Fsp3) is 0.714. The molecule has 0 radical (unpaired) electrons. The van der Waals surface area contributed by atoms with Crippen LogP contribution in [0.15, 0.2) is 0 Å². The van der Waals surface area contributed by atoms with Crippen molar-refractivity contribution in [1.82, 2.24) is 0 Å². The summed E-state index contributed by atoms with van der Waals surface area (Å²) in [5.74, 6) is -0.921. The van der Waals surface area contributed by atoms with Crippen molar-refractivity contribution in [2.45, 2.75) is 53.8 Å². The Morgan fingerprint density at radius 2 is 1.00 bits per heavy atom. The third kappa shape index (κ3) is 205. The molecule has 0 unspecified atom stereocenters. The molecule has 0 saturated carbocycles. The van der Waals surface area contributed by atoms with Crippen LogP contribution < -0.4 is 0 Å². The predicted octanol–water partition coefficient (Wildman–Crippen LogP) is 1.54. The van der Waals surface area contributed by atoms with E-state index in [1.54, 1.807) is 41.5 Å². The average molecular weight is 342 g/mol. The van der Waals surface area contributed by atoms with Crippen LogP contribution in [0.4, 0.5) is 0 Å². The van der Waals surface area contributed by atoms with Gasteiger partial charge in [-0.3, -0.25) is 23.4 Å². The zero-order chi connectivity index (χ0) is 17.1. The molecule has 21 heavy (non-hydrogen) atoms. The summed E-state index contributed by atoms with van der Waals surface area (Å²) in [6.07, 6.45) is -0.333. The van der Waals surface area contributed by atoms with Crippen molar-refractivity contribution in [1.29, 1.82) is 0 Å². The quantitative estimate of drug-likeness (QED) is 0.449. The van der Waals surface area contributed by atoms with Gasteiger partial charge in [-0.1, -0.05) is 0 Å². The van der Waals surface area contributed by atoms with E-state index in [9.17, 15) is 9.59 Å². The molecule has 0 bridgehead atoms. The van der Waals surface area contributed by atoms with Gasteiger partial charge in [0, 0.05) is 12.2 Å². The van der Waals surface area contributed by atoms with Gasteiger partial charge in [-0.25, -0.2) is 0 Å². The summed E-state index contributed by atoms with van der Waals surface area (Å²) in [6.45, 7) is 17.1. The first-order valence-corrected chi connectivity index (χ1v) is 6.34. The summed E-state index contributed by atoms with van der Waals surface area (Å²) >= 11 is 0. The summed E-state index contributed by atoms with van der Waals surface area (Å²) in [6, 6.07) is 0. The number of esters is 2.